The third-order valence-electron chi connectivity index (χ3n) is 6.51. The smallest absolute Gasteiger partial charge is 0.0398 e. The van der Waals surface area contributed by atoms with Crippen LogP contribution >= 0.6 is 0 Å². The van der Waals surface area contributed by atoms with Crippen molar-refractivity contribution in [3.8, 4) is 0 Å². The first kappa shape index (κ1) is 24.3. The molecule has 0 saturated heterocycles. The van der Waals surface area contributed by atoms with E-state index in [4.69, 9.17) is 0 Å². The number of para-hydroxylation sites is 1. The average molecular weight is 401 g/mol. The van der Waals surface area contributed by atoms with Crippen LogP contribution in [0.1, 0.15) is 103 Å². The minimum Gasteiger partial charge on any atom is -0.371 e. The van der Waals surface area contributed by atoms with E-state index in [1.807, 2.05) is 0 Å². The first-order valence-corrected chi connectivity index (χ1v) is 12.9. The molecule has 0 aliphatic carbocycles. The third kappa shape index (κ3) is 10.0. The van der Waals surface area contributed by atoms with Crippen molar-refractivity contribution in [2.45, 2.75) is 104 Å². The number of anilines is 1. The molecule has 2 heteroatoms. The van der Waals surface area contributed by atoms with Gasteiger partial charge >= 0.3 is 0 Å². The normalized spacial score (nSPS) is 13.8. The average Bonchev–Trinajstić information content (AvgIpc) is 2.75. The lowest BCUT2D eigenvalue weighted by atomic mass is 10.0. The molecule has 1 aliphatic heterocycles. The van der Waals surface area contributed by atoms with Gasteiger partial charge in [-0.05, 0) is 69.8 Å². The highest BCUT2D eigenvalue weighted by Gasteiger charge is 2.15. The summed E-state index contributed by atoms with van der Waals surface area (Å²) in [7, 11) is 0. The molecule has 1 aromatic rings. The first-order valence-electron chi connectivity index (χ1n) is 12.9. The zero-order chi connectivity index (χ0) is 20.6. The van der Waals surface area contributed by atoms with Crippen LogP contribution in [0, 0.1) is 0 Å². The lowest BCUT2D eigenvalue weighted by Gasteiger charge is -2.31. The van der Waals surface area contributed by atoms with Gasteiger partial charge in [0, 0.05) is 18.8 Å². The number of hydrogen-bond acceptors (Lipinski definition) is 2. The fraction of sp³-hybridized carbons (Fsp3) is 0.778. The fourth-order valence-electron chi connectivity index (χ4n) is 4.70. The van der Waals surface area contributed by atoms with Gasteiger partial charge in [-0.25, -0.2) is 0 Å². The number of fused-ring (bicyclic) bond motifs is 1. The van der Waals surface area contributed by atoms with Crippen LogP contribution in [-0.4, -0.2) is 37.6 Å². The lowest BCUT2D eigenvalue weighted by molar-refractivity contribution is 0.255. The highest BCUT2D eigenvalue weighted by atomic mass is 15.1. The Labute approximate surface area is 182 Å². The molecule has 0 radical (unpaired) electrons. The summed E-state index contributed by atoms with van der Waals surface area (Å²) in [6.07, 6.45) is 19.3. The Morgan fingerprint density at radius 2 is 1.31 bits per heavy atom. The third-order valence-corrected chi connectivity index (χ3v) is 6.51. The molecule has 29 heavy (non-hydrogen) atoms. The summed E-state index contributed by atoms with van der Waals surface area (Å²) in [5, 5.41) is 0. The molecule has 0 bridgehead atoms. The minimum atomic E-state index is 1.25. The van der Waals surface area contributed by atoms with Gasteiger partial charge in [-0.1, -0.05) is 83.4 Å². The molecule has 0 spiro atoms. The van der Waals surface area contributed by atoms with E-state index in [0.29, 0.717) is 0 Å². The second-order valence-corrected chi connectivity index (χ2v) is 9.10. The van der Waals surface area contributed by atoms with E-state index in [-0.39, 0.29) is 0 Å². The predicted octanol–water partition coefficient (Wildman–Crippen LogP) is 7.46. The summed E-state index contributed by atoms with van der Waals surface area (Å²) in [6.45, 7) is 11.1. The largest absolute Gasteiger partial charge is 0.371 e. The Morgan fingerprint density at radius 3 is 2.00 bits per heavy atom. The van der Waals surface area contributed by atoms with E-state index >= 15 is 0 Å². The molecular weight excluding hydrogens is 352 g/mol. The molecule has 0 aromatic heterocycles. The maximum absolute atomic E-state index is 2.75. The molecule has 0 atom stereocenters. The summed E-state index contributed by atoms with van der Waals surface area (Å²) in [5.74, 6) is 0. The van der Waals surface area contributed by atoms with Crippen LogP contribution in [0.2, 0.25) is 0 Å². The Morgan fingerprint density at radius 1 is 0.724 bits per heavy atom. The predicted molar refractivity (Wildman–Crippen MR) is 130 cm³/mol. The molecule has 1 aliphatic rings. The summed E-state index contributed by atoms with van der Waals surface area (Å²) < 4.78 is 0. The maximum Gasteiger partial charge on any atom is 0.0398 e. The lowest BCUT2D eigenvalue weighted by Crippen LogP contribution is -2.30. The van der Waals surface area contributed by atoms with Crippen LogP contribution in [0.3, 0.4) is 0 Å². The van der Waals surface area contributed by atoms with Gasteiger partial charge in [-0.2, -0.15) is 0 Å². The molecule has 0 unspecified atom stereocenters. The van der Waals surface area contributed by atoms with E-state index < -0.39 is 0 Å². The zero-order valence-electron chi connectivity index (χ0n) is 19.6. The second-order valence-electron chi connectivity index (χ2n) is 9.10. The maximum atomic E-state index is 2.75. The molecule has 2 nitrogen and oxygen atoms in total. The van der Waals surface area contributed by atoms with Gasteiger partial charge in [0.2, 0.25) is 0 Å². The first-order chi connectivity index (χ1) is 14.3. The summed E-state index contributed by atoms with van der Waals surface area (Å²) >= 11 is 0. The van der Waals surface area contributed by atoms with E-state index in [9.17, 15) is 0 Å². The van der Waals surface area contributed by atoms with Crippen molar-refractivity contribution >= 4 is 5.69 Å². The van der Waals surface area contributed by atoms with Crippen LogP contribution in [0.5, 0.6) is 0 Å². The topological polar surface area (TPSA) is 6.48 Å². The van der Waals surface area contributed by atoms with Crippen molar-refractivity contribution in [1.82, 2.24) is 4.90 Å². The fourth-order valence-corrected chi connectivity index (χ4v) is 4.70. The molecule has 0 fully saturated rings. The standard InChI is InChI=1S/C27H48N2/c1-3-5-13-21-28(22-14-6-4-2)23-15-9-7-8-10-16-24-29-25-17-19-26-18-11-12-20-27(26)29/h11-12,18,20H,3-10,13-17,19,21-25H2,1-2H3. The van der Waals surface area contributed by atoms with Crippen molar-refractivity contribution in [2.24, 2.45) is 0 Å². The van der Waals surface area contributed by atoms with Crippen LogP contribution in [-0.2, 0) is 6.42 Å². The number of aryl methyl sites for hydroxylation is 1. The van der Waals surface area contributed by atoms with Crippen LogP contribution < -0.4 is 4.90 Å². The summed E-state index contributed by atoms with van der Waals surface area (Å²) in [4.78, 5) is 5.38. The number of unbranched alkanes of at least 4 members (excludes halogenated alkanes) is 9. The van der Waals surface area contributed by atoms with E-state index in [2.05, 4.69) is 47.9 Å². The van der Waals surface area contributed by atoms with Gasteiger partial charge in [-0.3, -0.25) is 0 Å². The molecule has 166 valence electrons. The van der Waals surface area contributed by atoms with Gasteiger partial charge in [0.05, 0.1) is 0 Å². The Balaban J connectivity index is 1.51. The molecule has 0 N–H and O–H groups in total. The zero-order valence-corrected chi connectivity index (χ0v) is 19.6. The number of benzene rings is 1. The number of hydrogen-bond donors (Lipinski definition) is 0. The van der Waals surface area contributed by atoms with E-state index in [1.165, 1.54) is 128 Å². The van der Waals surface area contributed by atoms with Gasteiger partial charge < -0.3 is 9.80 Å². The Bertz CT molecular complexity index is 503. The van der Waals surface area contributed by atoms with Crippen molar-refractivity contribution in [2.75, 3.05) is 37.6 Å². The van der Waals surface area contributed by atoms with Crippen molar-refractivity contribution in [3.63, 3.8) is 0 Å². The second kappa shape index (κ2) is 15.8. The van der Waals surface area contributed by atoms with E-state index in [1.54, 1.807) is 5.56 Å². The van der Waals surface area contributed by atoms with E-state index in [0.717, 1.165) is 0 Å². The minimum absolute atomic E-state index is 1.25. The van der Waals surface area contributed by atoms with Gasteiger partial charge in [0.25, 0.3) is 0 Å². The summed E-state index contributed by atoms with van der Waals surface area (Å²) in [6, 6.07) is 9.03. The Hall–Kier alpha value is -1.02. The number of rotatable bonds is 17. The van der Waals surface area contributed by atoms with Crippen molar-refractivity contribution < 1.29 is 0 Å². The molecule has 0 saturated carbocycles. The molecule has 1 heterocycles. The van der Waals surface area contributed by atoms with Crippen LogP contribution in [0.4, 0.5) is 5.69 Å². The molecule has 0 amide bonds. The highest BCUT2D eigenvalue weighted by Crippen LogP contribution is 2.26. The van der Waals surface area contributed by atoms with Crippen LogP contribution in [0.15, 0.2) is 24.3 Å². The number of nitrogens with zero attached hydrogens (tertiary/aromatic N) is 2. The van der Waals surface area contributed by atoms with Gasteiger partial charge in [-0.15, -0.1) is 0 Å². The van der Waals surface area contributed by atoms with Gasteiger partial charge in [0.1, 0.15) is 0 Å². The van der Waals surface area contributed by atoms with Crippen molar-refractivity contribution in [1.29, 1.82) is 0 Å². The molecule has 1 aromatic carbocycles. The Kier molecular flexibility index (Phi) is 13.2. The summed E-state index contributed by atoms with van der Waals surface area (Å²) in [5.41, 5.74) is 3.06. The quantitative estimate of drug-likeness (QED) is 0.250. The SMILES string of the molecule is CCCCCN(CCCCC)CCCCCCCCN1CCCc2ccccc21. The van der Waals surface area contributed by atoms with Gasteiger partial charge in [0.15, 0.2) is 0 Å². The monoisotopic (exact) mass is 400 g/mol. The molecular formula is C27H48N2. The van der Waals surface area contributed by atoms with Crippen LogP contribution in [0.25, 0.3) is 0 Å². The molecule has 2 rings (SSSR count). The highest BCUT2D eigenvalue weighted by molar-refractivity contribution is 5.55. The van der Waals surface area contributed by atoms with Crippen molar-refractivity contribution in [3.05, 3.63) is 29.8 Å².